The van der Waals surface area contributed by atoms with Gasteiger partial charge in [-0.2, -0.15) is 0 Å². The van der Waals surface area contributed by atoms with E-state index in [1.165, 1.54) is 24.3 Å². The molecule has 0 spiro atoms. The Kier molecular flexibility index (Phi) is 4.87. The second-order valence-electron chi connectivity index (χ2n) is 3.33. The molecule has 0 saturated heterocycles. The van der Waals surface area contributed by atoms with Crippen LogP contribution in [0.2, 0.25) is 0 Å². The molecule has 0 aliphatic rings. The average Bonchev–Trinajstić information content (AvgIpc) is 2.26. The molecule has 1 rings (SSSR count). The van der Waals surface area contributed by atoms with Gasteiger partial charge in [-0.1, -0.05) is 12.1 Å². The van der Waals surface area contributed by atoms with Crippen molar-refractivity contribution in [3.8, 4) is 0 Å². The van der Waals surface area contributed by atoms with Crippen LogP contribution in [0.25, 0.3) is 0 Å². The van der Waals surface area contributed by atoms with Gasteiger partial charge < -0.3 is 10.6 Å². The summed E-state index contributed by atoms with van der Waals surface area (Å²) in [6.45, 7) is 3.74. The molecule has 4 nitrogen and oxygen atoms in total. The summed E-state index contributed by atoms with van der Waals surface area (Å²) in [5.41, 5.74) is 0.325. The predicted molar refractivity (Wildman–Crippen MR) is 62.9 cm³/mol. The molecule has 0 aliphatic carbocycles. The molecule has 0 fully saturated rings. The number of carbonyl (C=O) groups is 2. The molecular formula is C12H13FN2O2. The van der Waals surface area contributed by atoms with Crippen LogP contribution in [0.5, 0.6) is 0 Å². The third-order valence-electron chi connectivity index (χ3n) is 1.87. The lowest BCUT2D eigenvalue weighted by Gasteiger charge is -2.05. The average molecular weight is 236 g/mol. The Balaban J connectivity index is 2.44. The van der Waals surface area contributed by atoms with E-state index < -0.39 is 17.6 Å². The Bertz CT molecular complexity index is 432. The molecule has 0 radical (unpaired) electrons. The first-order valence-electron chi connectivity index (χ1n) is 5.05. The number of halogens is 1. The van der Waals surface area contributed by atoms with Gasteiger partial charge in [0.15, 0.2) is 0 Å². The zero-order chi connectivity index (χ0) is 12.7. The fourth-order valence-electron chi connectivity index (χ4n) is 1.17. The standard InChI is InChI=1S/C12H13FN2O2/c1-2-6-14-11(16)8-12(17)15-10-5-3-4-9(13)7-10/h2-5,7H,1,6,8H2,(H,14,16)(H,15,17). The highest BCUT2D eigenvalue weighted by Gasteiger charge is 2.08. The summed E-state index contributed by atoms with van der Waals surface area (Å²) in [6.07, 6.45) is 1.22. The number of carbonyl (C=O) groups excluding carboxylic acids is 2. The predicted octanol–water partition coefficient (Wildman–Crippen LogP) is 1.46. The first-order valence-corrected chi connectivity index (χ1v) is 5.05. The van der Waals surface area contributed by atoms with Crippen molar-refractivity contribution in [2.24, 2.45) is 0 Å². The Morgan fingerprint density at radius 3 is 2.76 bits per heavy atom. The number of nitrogens with one attached hydrogen (secondary N) is 2. The smallest absolute Gasteiger partial charge is 0.233 e. The van der Waals surface area contributed by atoms with Gasteiger partial charge in [-0.3, -0.25) is 9.59 Å². The second kappa shape index (κ2) is 6.42. The molecule has 2 amide bonds. The maximum Gasteiger partial charge on any atom is 0.233 e. The Morgan fingerprint density at radius 2 is 2.12 bits per heavy atom. The molecule has 0 saturated carbocycles. The second-order valence-corrected chi connectivity index (χ2v) is 3.33. The van der Waals surface area contributed by atoms with Gasteiger partial charge >= 0.3 is 0 Å². The van der Waals surface area contributed by atoms with Crippen molar-refractivity contribution in [3.05, 3.63) is 42.7 Å². The molecule has 17 heavy (non-hydrogen) atoms. The topological polar surface area (TPSA) is 58.2 Å². The van der Waals surface area contributed by atoms with Crippen molar-refractivity contribution in [2.75, 3.05) is 11.9 Å². The lowest BCUT2D eigenvalue weighted by atomic mass is 10.3. The van der Waals surface area contributed by atoms with Crippen molar-refractivity contribution >= 4 is 17.5 Å². The summed E-state index contributed by atoms with van der Waals surface area (Å²) >= 11 is 0. The maximum absolute atomic E-state index is 12.8. The first-order chi connectivity index (χ1) is 8.11. The third kappa shape index (κ3) is 4.92. The number of hydrogen-bond acceptors (Lipinski definition) is 2. The van der Waals surface area contributed by atoms with Crippen LogP contribution in [0.4, 0.5) is 10.1 Å². The minimum Gasteiger partial charge on any atom is -0.352 e. The van der Waals surface area contributed by atoms with E-state index in [1.54, 1.807) is 6.07 Å². The van der Waals surface area contributed by atoms with Gasteiger partial charge in [0.2, 0.25) is 11.8 Å². The van der Waals surface area contributed by atoms with Crippen LogP contribution < -0.4 is 10.6 Å². The van der Waals surface area contributed by atoms with E-state index >= 15 is 0 Å². The molecule has 0 bridgehead atoms. The number of rotatable bonds is 5. The van der Waals surface area contributed by atoms with Crippen molar-refractivity contribution in [2.45, 2.75) is 6.42 Å². The van der Waals surface area contributed by atoms with Gasteiger partial charge in [-0.05, 0) is 18.2 Å². The third-order valence-corrected chi connectivity index (χ3v) is 1.87. The van der Waals surface area contributed by atoms with Crippen LogP contribution in [0.3, 0.4) is 0 Å². The van der Waals surface area contributed by atoms with Crippen molar-refractivity contribution in [1.82, 2.24) is 5.32 Å². The number of anilines is 1. The first kappa shape index (κ1) is 12.9. The van der Waals surface area contributed by atoms with Gasteiger partial charge in [0, 0.05) is 12.2 Å². The highest BCUT2D eigenvalue weighted by molar-refractivity contribution is 6.03. The highest BCUT2D eigenvalue weighted by Crippen LogP contribution is 2.09. The lowest BCUT2D eigenvalue weighted by molar-refractivity contribution is -0.126. The minimum atomic E-state index is -0.489. The van der Waals surface area contributed by atoms with Gasteiger partial charge in [0.25, 0.3) is 0 Å². The van der Waals surface area contributed by atoms with Gasteiger partial charge in [-0.15, -0.1) is 6.58 Å². The van der Waals surface area contributed by atoms with E-state index in [-0.39, 0.29) is 6.42 Å². The van der Waals surface area contributed by atoms with Gasteiger partial charge in [-0.25, -0.2) is 4.39 Å². The van der Waals surface area contributed by atoms with E-state index in [0.29, 0.717) is 12.2 Å². The van der Waals surface area contributed by atoms with Crippen LogP contribution >= 0.6 is 0 Å². The van der Waals surface area contributed by atoms with Crippen LogP contribution in [-0.4, -0.2) is 18.4 Å². The molecule has 0 unspecified atom stereocenters. The Hall–Kier alpha value is -2.17. The molecule has 90 valence electrons. The largest absolute Gasteiger partial charge is 0.352 e. The van der Waals surface area contributed by atoms with Crippen LogP contribution in [0.1, 0.15) is 6.42 Å². The molecule has 0 heterocycles. The minimum absolute atomic E-state index is 0.301. The summed E-state index contributed by atoms with van der Waals surface area (Å²) in [7, 11) is 0. The molecule has 0 aromatic heterocycles. The number of hydrogen-bond donors (Lipinski definition) is 2. The number of amides is 2. The zero-order valence-corrected chi connectivity index (χ0v) is 9.20. The summed E-state index contributed by atoms with van der Waals surface area (Å²) in [5.74, 6) is -1.34. The van der Waals surface area contributed by atoms with Crippen molar-refractivity contribution in [1.29, 1.82) is 0 Å². The summed E-state index contributed by atoms with van der Waals surface area (Å²) in [4.78, 5) is 22.6. The van der Waals surface area contributed by atoms with E-state index in [2.05, 4.69) is 17.2 Å². The highest BCUT2D eigenvalue weighted by atomic mass is 19.1. The summed E-state index contributed by atoms with van der Waals surface area (Å²) in [5, 5.41) is 4.89. The van der Waals surface area contributed by atoms with E-state index in [1.807, 2.05) is 0 Å². The monoisotopic (exact) mass is 236 g/mol. The van der Waals surface area contributed by atoms with E-state index in [9.17, 15) is 14.0 Å². The van der Waals surface area contributed by atoms with Crippen LogP contribution in [0, 0.1) is 5.82 Å². The quantitative estimate of drug-likeness (QED) is 0.600. The summed E-state index contributed by atoms with van der Waals surface area (Å²) < 4.78 is 12.8. The molecule has 1 aromatic carbocycles. The Morgan fingerprint density at radius 1 is 1.35 bits per heavy atom. The summed E-state index contributed by atoms with van der Waals surface area (Å²) in [6, 6.07) is 5.47. The number of benzene rings is 1. The molecule has 2 N–H and O–H groups in total. The molecular weight excluding hydrogens is 223 g/mol. The Labute approximate surface area is 98.5 Å². The van der Waals surface area contributed by atoms with Gasteiger partial charge in [0.05, 0.1) is 0 Å². The normalized spacial score (nSPS) is 9.47. The van der Waals surface area contributed by atoms with Crippen LogP contribution in [-0.2, 0) is 9.59 Å². The molecule has 5 heteroatoms. The fraction of sp³-hybridized carbons (Fsp3) is 0.167. The maximum atomic E-state index is 12.8. The van der Waals surface area contributed by atoms with Gasteiger partial charge in [0.1, 0.15) is 12.2 Å². The van der Waals surface area contributed by atoms with Crippen molar-refractivity contribution < 1.29 is 14.0 Å². The lowest BCUT2D eigenvalue weighted by Crippen LogP contribution is -2.28. The van der Waals surface area contributed by atoms with Crippen LogP contribution in [0.15, 0.2) is 36.9 Å². The molecule has 1 aromatic rings. The van der Waals surface area contributed by atoms with E-state index in [4.69, 9.17) is 0 Å². The zero-order valence-electron chi connectivity index (χ0n) is 9.20. The molecule has 0 aliphatic heterocycles. The molecule has 0 atom stereocenters. The van der Waals surface area contributed by atoms with Crippen molar-refractivity contribution in [3.63, 3.8) is 0 Å². The SMILES string of the molecule is C=CCNC(=O)CC(=O)Nc1cccc(F)c1. The fourth-order valence-corrected chi connectivity index (χ4v) is 1.17. The van der Waals surface area contributed by atoms with E-state index in [0.717, 1.165) is 0 Å².